The number of methoxy groups -OCH3 is 1. The zero-order valence-electron chi connectivity index (χ0n) is 11.0. The standard InChI is InChI=1S/C15H23NO/c1-3-14(16-10-4-5-11-16)12-13-6-8-15(17-2)9-7-13/h6-9,14H,3-5,10-12H2,1-2H3. The summed E-state index contributed by atoms with van der Waals surface area (Å²) in [6.45, 7) is 4.87. The fraction of sp³-hybridized carbons (Fsp3) is 0.600. The van der Waals surface area contributed by atoms with E-state index < -0.39 is 0 Å². The average Bonchev–Trinajstić information content (AvgIpc) is 2.90. The van der Waals surface area contributed by atoms with Crippen molar-refractivity contribution in [3.05, 3.63) is 29.8 Å². The predicted molar refractivity (Wildman–Crippen MR) is 71.6 cm³/mol. The molecule has 1 aliphatic rings. The highest BCUT2D eigenvalue weighted by Crippen LogP contribution is 2.19. The van der Waals surface area contributed by atoms with Crippen LogP contribution in [0.2, 0.25) is 0 Å². The Morgan fingerprint density at radius 1 is 1.18 bits per heavy atom. The summed E-state index contributed by atoms with van der Waals surface area (Å²) in [5, 5.41) is 0. The van der Waals surface area contributed by atoms with Gasteiger partial charge in [-0.3, -0.25) is 0 Å². The second kappa shape index (κ2) is 6.06. The first-order chi connectivity index (χ1) is 8.33. The maximum Gasteiger partial charge on any atom is 0.118 e. The van der Waals surface area contributed by atoms with Gasteiger partial charge >= 0.3 is 0 Å². The minimum Gasteiger partial charge on any atom is -0.497 e. The summed E-state index contributed by atoms with van der Waals surface area (Å²) in [6, 6.07) is 9.22. The van der Waals surface area contributed by atoms with Crippen LogP contribution in [-0.2, 0) is 6.42 Å². The molecule has 1 heterocycles. The van der Waals surface area contributed by atoms with E-state index in [1.165, 1.54) is 44.3 Å². The molecule has 0 spiro atoms. The minimum absolute atomic E-state index is 0.714. The van der Waals surface area contributed by atoms with Crippen molar-refractivity contribution in [3.63, 3.8) is 0 Å². The van der Waals surface area contributed by atoms with Gasteiger partial charge < -0.3 is 9.64 Å². The summed E-state index contributed by atoms with van der Waals surface area (Å²) in [7, 11) is 1.72. The zero-order chi connectivity index (χ0) is 12.1. The van der Waals surface area contributed by atoms with Crippen LogP contribution in [0.25, 0.3) is 0 Å². The lowest BCUT2D eigenvalue weighted by Crippen LogP contribution is -2.33. The lowest BCUT2D eigenvalue weighted by Gasteiger charge is -2.26. The molecule has 94 valence electrons. The molecule has 2 nitrogen and oxygen atoms in total. The summed E-state index contributed by atoms with van der Waals surface area (Å²) in [5.74, 6) is 0.947. The molecule has 1 aliphatic heterocycles. The molecular weight excluding hydrogens is 210 g/mol. The maximum atomic E-state index is 5.19. The molecule has 1 aromatic carbocycles. The van der Waals surface area contributed by atoms with Crippen molar-refractivity contribution in [2.24, 2.45) is 0 Å². The molecule has 1 aromatic rings. The first-order valence-corrected chi connectivity index (χ1v) is 6.70. The van der Waals surface area contributed by atoms with Gasteiger partial charge in [-0.25, -0.2) is 0 Å². The molecule has 1 saturated heterocycles. The third-order valence-electron chi connectivity index (χ3n) is 3.76. The zero-order valence-corrected chi connectivity index (χ0v) is 11.0. The summed E-state index contributed by atoms with van der Waals surface area (Å²) >= 11 is 0. The molecule has 0 saturated carbocycles. The third kappa shape index (κ3) is 3.22. The van der Waals surface area contributed by atoms with Gasteiger partial charge in [0.25, 0.3) is 0 Å². The Labute approximate surface area is 105 Å². The highest BCUT2D eigenvalue weighted by molar-refractivity contribution is 5.27. The fourth-order valence-electron chi connectivity index (χ4n) is 2.67. The molecule has 0 aliphatic carbocycles. The van der Waals surface area contributed by atoms with Crippen LogP contribution in [0.1, 0.15) is 31.7 Å². The van der Waals surface area contributed by atoms with Gasteiger partial charge in [0.1, 0.15) is 5.75 Å². The van der Waals surface area contributed by atoms with Crippen molar-refractivity contribution in [1.82, 2.24) is 4.90 Å². The van der Waals surface area contributed by atoms with E-state index in [-0.39, 0.29) is 0 Å². The number of hydrogen-bond acceptors (Lipinski definition) is 2. The van der Waals surface area contributed by atoms with Crippen LogP contribution >= 0.6 is 0 Å². The van der Waals surface area contributed by atoms with Crippen LogP contribution in [0.4, 0.5) is 0 Å². The number of nitrogens with zero attached hydrogens (tertiary/aromatic N) is 1. The van der Waals surface area contributed by atoms with Gasteiger partial charge in [0.15, 0.2) is 0 Å². The SMILES string of the molecule is CCC(Cc1ccc(OC)cc1)N1CCCC1. The Kier molecular flexibility index (Phi) is 4.43. The second-order valence-electron chi connectivity index (χ2n) is 4.86. The van der Waals surface area contributed by atoms with E-state index in [4.69, 9.17) is 4.74 Å². The number of rotatable bonds is 5. The van der Waals surface area contributed by atoms with Crippen LogP contribution in [0.5, 0.6) is 5.75 Å². The van der Waals surface area contributed by atoms with E-state index in [0.29, 0.717) is 6.04 Å². The molecule has 2 heteroatoms. The molecule has 17 heavy (non-hydrogen) atoms. The summed E-state index contributed by atoms with van der Waals surface area (Å²) in [5.41, 5.74) is 1.42. The van der Waals surface area contributed by atoms with Gasteiger partial charge in [-0.05, 0) is 56.5 Å². The Morgan fingerprint density at radius 3 is 2.35 bits per heavy atom. The van der Waals surface area contributed by atoms with Gasteiger partial charge in [0.05, 0.1) is 7.11 Å². The molecule has 0 bridgehead atoms. The Hall–Kier alpha value is -1.02. The van der Waals surface area contributed by atoms with E-state index in [0.717, 1.165) is 5.75 Å². The topological polar surface area (TPSA) is 12.5 Å². The Balaban J connectivity index is 1.96. The molecule has 0 N–H and O–H groups in total. The lowest BCUT2D eigenvalue weighted by atomic mass is 10.0. The van der Waals surface area contributed by atoms with E-state index in [1.807, 2.05) is 0 Å². The van der Waals surface area contributed by atoms with Gasteiger partial charge in [-0.1, -0.05) is 19.1 Å². The van der Waals surface area contributed by atoms with E-state index in [9.17, 15) is 0 Å². The van der Waals surface area contributed by atoms with Gasteiger partial charge in [-0.2, -0.15) is 0 Å². The molecule has 2 rings (SSSR count). The molecule has 1 unspecified atom stereocenters. The Morgan fingerprint density at radius 2 is 1.82 bits per heavy atom. The molecule has 0 radical (unpaired) electrons. The van der Waals surface area contributed by atoms with E-state index in [1.54, 1.807) is 7.11 Å². The summed E-state index contributed by atoms with van der Waals surface area (Å²) in [6.07, 6.45) is 5.16. The molecule has 0 aromatic heterocycles. The first kappa shape index (κ1) is 12.4. The number of benzene rings is 1. The molecule has 1 atom stereocenters. The van der Waals surface area contributed by atoms with Crippen molar-refractivity contribution in [2.45, 2.75) is 38.6 Å². The smallest absolute Gasteiger partial charge is 0.118 e. The van der Waals surface area contributed by atoms with Gasteiger partial charge in [-0.15, -0.1) is 0 Å². The number of hydrogen-bond donors (Lipinski definition) is 0. The highest BCUT2D eigenvalue weighted by atomic mass is 16.5. The normalized spacial score (nSPS) is 18.2. The van der Waals surface area contributed by atoms with Gasteiger partial charge in [0.2, 0.25) is 0 Å². The third-order valence-corrected chi connectivity index (χ3v) is 3.76. The second-order valence-corrected chi connectivity index (χ2v) is 4.86. The van der Waals surface area contributed by atoms with Crippen molar-refractivity contribution in [2.75, 3.05) is 20.2 Å². The van der Waals surface area contributed by atoms with Crippen LogP contribution < -0.4 is 4.74 Å². The summed E-state index contributed by atoms with van der Waals surface area (Å²) in [4.78, 5) is 2.64. The van der Waals surface area contributed by atoms with Crippen LogP contribution in [-0.4, -0.2) is 31.1 Å². The van der Waals surface area contributed by atoms with E-state index in [2.05, 4.69) is 36.1 Å². The maximum absolute atomic E-state index is 5.19. The van der Waals surface area contributed by atoms with Crippen molar-refractivity contribution in [3.8, 4) is 5.75 Å². The van der Waals surface area contributed by atoms with Crippen molar-refractivity contribution < 1.29 is 4.74 Å². The molecule has 1 fully saturated rings. The highest BCUT2D eigenvalue weighted by Gasteiger charge is 2.20. The van der Waals surface area contributed by atoms with Crippen LogP contribution in [0.3, 0.4) is 0 Å². The fourth-order valence-corrected chi connectivity index (χ4v) is 2.67. The predicted octanol–water partition coefficient (Wildman–Crippen LogP) is 3.11. The minimum atomic E-state index is 0.714. The molecular formula is C15H23NO. The number of likely N-dealkylation sites (tertiary alicyclic amines) is 1. The number of ether oxygens (including phenoxy) is 1. The van der Waals surface area contributed by atoms with Crippen LogP contribution in [0.15, 0.2) is 24.3 Å². The van der Waals surface area contributed by atoms with Crippen molar-refractivity contribution >= 4 is 0 Å². The monoisotopic (exact) mass is 233 g/mol. The quantitative estimate of drug-likeness (QED) is 0.775. The van der Waals surface area contributed by atoms with E-state index >= 15 is 0 Å². The van der Waals surface area contributed by atoms with Crippen molar-refractivity contribution in [1.29, 1.82) is 0 Å². The average molecular weight is 233 g/mol. The van der Waals surface area contributed by atoms with Crippen LogP contribution in [0, 0.1) is 0 Å². The molecule has 0 amide bonds. The summed E-state index contributed by atoms with van der Waals surface area (Å²) < 4.78 is 5.19. The van der Waals surface area contributed by atoms with Gasteiger partial charge in [0, 0.05) is 6.04 Å². The largest absolute Gasteiger partial charge is 0.497 e. The Bertz CT molecular complexity index is 327. The lowest BCUT2D eigenvalue weighted by molar-refractivity contribution is 0.234. The first-order valence-electron chi connectivity index (χ1n) is 6.70.